The fraction of sp³-hybridized carbons (Fsp3) is 0.611. The molecule has 122 valence electrons. The third-order valence-corrected chi connectivity index (χ3v) is 4.22. The predicted octanol–water partition coefficient (Wildman–Crippen LogP) is 3.17. The average Bonchev–Trinajstić information content (AvgIpc) is 2.53. The molecule has 1 fully saturated rings. The number of unbranched alkanes of at least 4 members (excludes halogenated alkanes) is 1. The van der Waals surface area contributed by atoms with Crippen molar-refractivity contribution in [2.45, 2.75) is 38.6 Å². The van der Waals surface area contributed by atoms with Crippen molar-refractivity contribution in [3.63, 3.8) is 0 Å². The number of nitrogens with zero attached hydrogens (tertiary/aromatic N) is 1. The monoisotopic (exact) mass is 305 g/mol. The molecule has 1 aromatic rings. The molecule has 0 aliphatic carbocycles. The fourth-order valence-corrected chi connectivity index (χ4v) is 2.98. The van der Waals surface area contributed by atoms with Crippen LogP contribution in [0.3, 0.4) is 0 Å². The van der Waals surface area contributed by atoms with Crippen molar-refractivity contribution < 1.29 is 14.6 Å². The zero-order chi connectivity index (χ0) is 15.6. The minimum atomic E-state index is -0.695. The third kappa shape index (κ3) is 6.58. The maximum atomic E-state index is 10.6. The zero-order valence-corrected chi connectivity index (χ0v) is 13.2. The molecule has 0 atom stereocenters. The highest BCUT2D eigenvalue weighted by Gasteiger charge is 2.17. The van der Waals surface area contributed by atoms with E-state index in [0.717, 1.165) is 58.5 Å². The summed E-state index contributed by atoms with van der Waals surface area (Å²) < 4.78 is 5.44. The number of carbonyl (C=O) groups is 1. The van der Waals surface area contributed by atoms with E-state index >= 15 is 0 Å². The summed E-state index contributed by atoms with van der Waals surface area (Å²) in [6.45, 7) is 4.77. The molecule has 1 saturated heterocycles. The normalized spacial score (nSPS) is 16.0. The van der Waals surface area contributed by atoms with Gasteiger partial charge in [0.15, 0.2) is 0 Å². The van der Waals surface area contributed by atoms with Crippen molar-refractivity contribution in [1.29, 1.82) is 0 Å². The van der Waals surface area contributed by atoms with Gasteiger partial charge >= 0.3 is 5.97 Å². The van der Waals surface area contributed by atoms with Crippen LogP contribution >= 0.6 is 0 Å². The van der Waals surface area contributed by atoms with E-state index < -0.39 is 5.97 Å². The molecule has 4 heteroatoms. The largest absolute Gasteiger partial charge is 0.481 e. The van der Waals surface area contributed by atoms with Gasteiger partial charge < -0.3 is 9.84 Å². The molecular weight excluding hydrogens is 278 g/mol. The number of hydrogen-bond acceptors (Lipinski definition) is 3. The van der Waals surface area contributed by atoms with Crippen LogP contribution in [0.1, 0.15) is 37.7 Å². The third-order valence-electron chi connectivity index (χ3n) is 4.22. The van der Waals surface area contributed by atoms with Crippen LogP contribution in [0.25, 0.3) is 0 Å². The van der Waals surface area contributed by atoms with Gasteiger partial charge in [-0.2, -0.15) is 0 Å². The fourth-order valence-electron chi connectivity index (χ4n) is 2.98. The van der Waals surface area contributed by atoms with Crippen molar-refractivity contribution in [2.24, 2.45) is 5.92 Å². The summed E-state index contributed by atoms with van der Waals surface area (Å²) >= 11 is 0. The van der Waals surface area contributed by atoms with Crippen molar-refractivity contribution >= 4 is 5.97 Å². The van der Waals surface area contributed by atoms with Crippen molar-refractivity contribution in [3.05, 3.63) is 35.9 Å². The Bertz CT molecular complexity index is 429. The first-order chi connectivity index (χ1) is 10.7. The van der Waals surface area contributed by atoms with E-state index in [1.807, 2.05) is 6.07 Å². The quantitative estimate of drug-likeness (QED) is 0.712. The van der Waals surface area contributed by atoms with E-state index in [1.165, 1.54) is 5.56 Å². The molecule has 0 unspecified atom stereocenters. The molecule has 0 bridgehead atoms. The molecule has 1 aliphatic rings. The van der Waals surface area contributed by atoms with E-state index in [-0.39, 0.29) is 6.42 Å². The van der Waals surface area contributed by atoms with Gasteiger partial charge in [-0.15, -0.1) is 0 Å². The Labute approximate surface area is 133 Å². The minimum absolute atomic E-state index is 0.274. The van der Waals surface area contributed by atoms with Crippen LogP contribution in [-0.4, -0.2) is 42.3 Å². The standard InChI is InChI=1S/C18H27NO3/c20-18(21)8-4-5-11-19(14-16-6-2-1-3-7-16)15-17-9-12-22-13-10-17/h1-3,6-7,17H,4-5,8-15H2,(H,20,21). The molecule has 0 saturated carbocycles. The van der Waals surface area contributed by atoms with E-state index in [1.54, 1.807) is 0 Å². The molecular formula is C18H27NO3. The number of rotatable bonds is 9. The van der Waals surface area contributed by atoms with Crippen LogP contribution < -0.4 is 0 Å². The average molecular weight is 305 g/mol. The summed E-state index contributed by atoms with van der Waals surface area (Å²) in [4.78, 5) is 13.1. The van der Waals surface area contributed by atoms with Gasteiger partial charge in [0.1, 0.15) is 0 Å². The number of aliphatic carboxylic acids is 1. The van der Waals surface area contributed by atoms with Gasteiger partial charge in [-0.1, -0.05) is 30.3 Å². The Morgan fingerprint density at radius 2 is 1.91 bits per heavy atom. The molecule has 1 aromatic carbocycles. The van der Waals surface area contributed by atoms with E-state index in [0.29, 0.717) is 5.92 Å². The van der Waals surface area contributed by atoms with Gasteiger partial charge in [-0.3, -0.25) is 9.69 Å². The number of carboxylic acids is 1. The topological polar surface area (TPSA) is 49.8 Å². The number of hydrogen-bond donors (Lipinski definition) is 1. The van der Waals surface area contributed by atoms with Crippen molar-refractivity contribution in [1.82, 2.24) is 4.90 Å². The Hall–Kier alpha value is -1.39. The lowest BCUT2D eigenvalue weighted by Gasteiger charge is -2.30. The van der Waals surface area contributed by atoms with Gasteiger partial charge in [0.05, 0.1) is 0 Å². The second-order valence-corrected chi connectivity index (χ2v) is 6.13. The Kier molecular flexibility index (Phi) is 7.40. The molecule has 1 heterocycles. The van der Waals surface area contributed by atoms with Crippen LogP contribution in [0, 0.1) is 5.92 Å². The van der Waals surface area contributed by atoms with Gasteiger partial charge in [0.25, 0.3) is 0 Å². The first-order valence-electron chi connectivity index (χ1n) is 8.30. The summed E-state index contributed by atoms with van der Waals surface area (Å²) in [5.41, 5.74) is 1.33. The summed E-state index contributed by atoms with van der Waals surface area (Å²) in [5, 5.41) is 8.75. The Morgan fingerprint density at radius 3 is 2.59 bits per heavy atom. The highest BCUT2D eigenvalue weighted by Crippen LogP contribution is 2.18. The van der Waals surface area contributed by atoms with Gasteiger partial charge in [0, 0.05) is 32.7 Å². The number of ether oxygens (including phenoxy) is 1. The van der Waals surface area contributed by atoms with E-state index in [9.17, 15) is 4.79 Å². The number of carboxylic acid groups (broad SMARTS) is 1. The highest BCUT2D eigenvalue weighted by atomic mass is 16.5. The summed E-state index contributed by atoms with van der Waals surface area (Å²) in [7, 11) is 0. The summed E-state index contributed by atoms with van der Waals surface area (Å²) in [5.74, 6) is 0.0102. The molecule has 2 rings (SSSR count). The smallest absolute Gasteiger partial charge is 0.303 e. The summed E-state index contributed by atoms with van der Waals surface area (Å²) in [6, 6.07) is 10.5. The SMILES string of the molecule is O=C(O)CCCCN(Cc1ccccc1)CC1CCOCC1. The molecule has 0 spiro atoms. The molecule has 1 N–H and O–H groups in total. The lowest BCUT2D eigenvalue weighted by atomic mass is 9.99. The minimum Gasteiger partial charge on any atom is -0.481 e. The van der Waals surface area contributed by atoms with Crippen LogP contribution in [0.2, 0.25) is 0 Å². The van der Waals surface area contributed by atoms with Gasteiger partial charge in [-0.05, 0) is 43.7 Å². The molecule has 0 amide bonds. The first-order valence-corrected chi connectivity index (χ1v) is 8.30. The molecule has 0 aromatic heterocycles. The van der Waals surface area contributed by atoms with Crippen molar-refractivity contribution in [3.8, 4) is 0 Å². The maximum Gasteiger partial charge on any atom is 0.303 e. The van der Waals surface area contributed by atoms with E-state index in [2.05, 4.69) is 29.2 Å². The number of benzene rings is 1. The molecule has 1 aliphatic heterocycles. The summed E-state index contributed by atoms with van der Waals surface area (Å²) in [6.07, 6.45) is 4.26. The highest BCUT2D eigenvalue weighted by molar-refractivity contribution is 5.66. The lowest BCUT2D eigenvalue weighted by Crippen LogP contribution is -2.33. The maximum absolute atomic E-state index is 10.6. The second-order valence-electron chi connectivity index (χ2n) is 6.13. The lowest BCUT2D eigenvalue weighted by molar-refractivity contribution is -0.137. The molecule has 0 radical (unpaired) electrons. The van der Waals surface area contributed by atoms with Gasteiger partial charge in [-0.25, -0.2) is 0 Å². The Balaban J connectivity index is 1.83. The molecule has 4 nitrogen and oxygen atoms in total. The predicted molar refractivity (Wildman–Crippen MR) is 86.7 cm³/mol. The van der Waals surface area contributed by atoms with Crippen LogP contribution in [0.5, 0.6) is 0 Å². The second kappa shape index (κ2) is 9.59. The first kappa shape index (κ1) is 17.0. The van der Waals surface area contributed by atoms with Crippen LogP contribution in [0.15, 0.2) is 30.3 Å². The van der Waals surface area contributed by atoms with E-state index in [4.69, 9.17) is 9.84 Å². The van der Waals surface area contributed by atoms with Crippen molar-refractivity contribution in [2.75, 3.05) is 26.3 Å². The molecule has 22 heavy (non-hydrogen) atoms. The van der Waals surface area contributed by atoms with Crippen LogP contribution in [0.4, 0.5) is 0 Å². The zero-order valence-electron chi connectivity index (χ0n) is 13.2. The van der Waals surface area contributed by atoms with Crippen LogP contribution in [-0.2, 0) is 16.1 Å². The Morgan fingerprint density at radius 1 is 1.18 bits per heavy atom. The van der Waals surface area contributed by atoms with Gasteiger partial charge in [0.2, 0.25) is 0 Å².